The fraction of sp³-hybridized carbons (Fsp3) is 0.667. The van der Waals surface area contributed by atoms with E-state index in [1.54, 1.807) is 13.1 Å². The van der Waals surface area contributed by atoms with Crippen molar-refractivity contribution in [2.75, 3.05) is 11.4 Å². The van der Waals surface area contributed by atoms with Crippen LogP contribution in [0.2, 0.25) is 0 Å². The van der Waals surface area contributed by atoms with E-state index in [9.17, 15) is 5.11 Å². The van der Waals surface area contributed by atoms with Gasteiger partial charge in [0.15, 0.2) is 0 Å². The first-order chi connectivity index (χ1) is 8.72. The number of rotatable bonds is 3. The van der Waals surface area contributed by atoms with Crippen LogP contribution in [0.3, 0.4) is 0 Å². The maximum atomic E-state index is 9.51. The van der Waals surface area contributed by atoms with E-state index in [0.29, 0.717) is 6.04 Å². The Morgan fingerprint density at radius 2 is 2.22 bits per heavy atom. The fourth-order valence-electron chi connectivity index (χ4n) is 2.72. The number of hydrogen-bond acceptors (Lipinski definition) is 3. The summed E-state index contributed by atoms with van der Waals surface area (Å²) >= 11 is 0. The van der Waals surface area contributed by atoms with Crippen LogP contribution in [0.1, 0.15) is 57.6 Å². The molecular formula is C15H24N2O. The Labute approximate surface area is 110 Å². The summed E-state index contributed by atoms with van der Waals surface area (Å²) in [4.78, 5) is 6.97. The Morgan fingerprint density at radius 1 is 1.39 bits per heavy atom. The Hall–Kier alpha value is -1.09. The summed E-state index contributed by atoms with van der Waals surface area (Å²) in [6.45, 7) is 5.14. The molecule has 1 aromatic rings. The molecule has 1 unspecified atom stereocenters. The van der Waals surface area contributed by atoms with Crippen LogP contribution in [0.15, 0.2) is 18.3 Å². The highest BCUT2D eigenvalue weighted by Crippen LogP contribution is 2.25. The number of hydrogen-bond donors (Lipinski definition) is 1. The number of nitrogens with zero attached hydrogens (tertiary/aromatic N) is 2. The SMILES string of the molecule is CCC1CCCCCN1c1ccc([C@H](C)O)cn1. The molecule has 1 aliphatic rings. The largest absolute Gasteiger partial charge is 0.389 e. The van der Waals surface area contributed by atoms with Crippen molar-refractivity contribution in [2.24, 2.45) is 0 Å². The standard InChI is InChI=1S/C15H24N2O/c1-3-14-7-5-4-6-10-17(14)15-9-8-13(11-16-15)12(2)18/h8-9,11-12,14,18H,3-7,10H2,1-2H3/t12-,14?/m0/s1. The molecule has 1 fully saturated rings. The average Bonchev–Trinajstić information content (AvgIpc) is 2.63. The molecule has 1 aliphatic heterocycles. The van der Waals surface area contributed by atoms with Crippen molar-refractivity contribution in [1.82, 2.24) is 4.98 Å². The van der Waals surface area contributed by atoms with E-state index in [-0.39, 0.29) is 0 Å². The number of aliphatic hydroxyl groups excluding tert-OH is 1. The van der Waals surface area contributed by atoms with E-state index in [1.165, 1.54) is 32.1 Å². The molecule has 1 aromatic heterocycles. The third-order valence-corrected chi connectivity index (χ3v) is 3.90. The van der Waals surface area contributed by atoms with Crippen molar-refractivity contribution in [3.8, 4) is 0 Å². The first kappa shape index (κ1) is 13.3. The van der Waals surface area contributed by atoms with Gasteiger partial charge in [0.2, 0.25) is 0 Å². The van der Waals surface area contributed by atoms with Crippen LogP contribution in [-0.2, 0) is 0 Å². The Morgan fingerprint density at radius 3 is 2.83 bits per heavy atom. The summed E-state index contributed by atoms with van der Waals surface area (Å²) in [7, 11) is 0. The van der Waals surface area contributed by atoms with Gasteiger partial charge in [0.05, 0.1) is 6.10 Å². The topological polar surface area (TPSA) is 36.4 Å². The van der Waals surface area contributed by atoms with Crippen molar-refractivity contribution in [3.05, 3.63) is 23.9 Å². The third-order valence-electron chi connectivity index (χ3n) is 3.90. The van der Waals surface area contributed by atoms with Gasteiger partial charge in [-0.05, 0) is 37.8 Å². The average molecular weight is 248 g/mol. The highest BCUT2D eigenvalue weighted by atomic mass is 16.3. The maximum absolute atomic E-state index is 9.51. The van der Waals surface area contributed by atoms with Crippen molar-refractivity contribution in [1.29, 1.82) is 0 Å². The van der Waals surface area contributed by atoms with Crippen LogP contribution in [0, 0.1) is 0 Å². The molecule has 100 valence electrons. The molecule has 2 rings (SSSR count). The fourth-order valence-corrected chi connectivity index (χ4v) is 2.72. The Bertz CT molecular complexity index is 361. The van der Waals surface area contributed by atoms with E-state index in [2.05, 4.69) is 22.9 Å². The molecule has 0 amide bonds. The molecule has 0 saturated carbocycles. The Kier molecular flexibility index (Phi) is 4.59. The van der Waals surface area contributed by atoms with Crippen LogP contribution in [0.4, 0.5) is 5.82 Å². The second-order valence-electron chi connectivity index (χ2n) is 5.23. The van der Waals surface area contributed by atoms with E-state index in [4.69, 9.17) is 0 Å². The first-order valence-corrected chi connectivity index (χ1v) is 7.13. The zero-order chi connectivity index (χ0) is 13.0. The monoisotopic (exact) mass is 248 g/mol. The van der Waals surface area contributed by atoms with Gasteiger partial charge >= 0.3 is 0 Å². The number of anilines is 1. The second kappa shape index (κ2) is 6.19. The zero-order valence-electron chi connectivity index (χ0n) is 11.5. The molecule has 0 aromatic carbocycles. The predicted molar refractivity (Wildman–Crippen MR) is 74.8 cm³/mol. The molecule has 0 spiro atoms. The minimum absolute atomic E-state index is 0.433. The highest BCUT2D eigenvalue weighted by molar-refractivity contribution is 5.41. The van der Waals surface area contributed by atoms with Crippen LogP contribution in [0.5, 0.6) is 0 Å². The minimum Gasteiger partial charge on any atom is -0.389 e. The first-order valence-electron chi connectivity index (χ1n) is 7.13. The van der Waals surface area contributed by atoms with E-state index in [0.717, 1.165) is 17.9 Å². The molecule has 3 heteroatoms. The highest BCUT2D eigenvalue weighted by Gasteiger charge is 2.20. The molecular weight excluding hydrogens is 224 g/mol. The normalized spacial score (nSPS) is 22.6. The summed E-state index contributed by atoms with van der Waals surface area (Å²) in [6.07, 6.45) is 7.75. The minimum atomic E-state index is -0.433. The molecule has 0 radical (unpaired) electrons. The van der Waals surface area contributed by atoms with Crippen molar-refractivity contribution in [2.45, 2.75) is 58.1 Å². The van der Waals surface area contributed by atoms with Gasteiger partial charge < -0.3 is 10.0 Å². The molecule has 0 aliphatic carbocycles. The van der Waals surface area contributed by atoms with Gasteiger partial charge in [0.25, 0.3) is 0 Å². The Balaban J connectivity index is 2.16. The molecule has 3 nitrogen and oxygen atoms in total. The zero-order valence-corrected chi connectivity index (χ0v) is 11.5. The summed E-state index contributed by atoms with van der Waals surface area (Å²) in [5.41, 5.74) is 0.890. The van der Waals surface area contributed by atoms with Gasteiger partial charge in [-0.1, -0.05) is 25.8 Å². The van der Waals surface area contributed by atoms with Crippen LogP contribution in [-0.4, -0.2) is 22.7 Å². The van der Waals surface area contributed by atoms with Crippen LogP contribution < -0.4 is 4.90 Å². The van der Waals surface area contributed by atoms with Gasteiger partial charge in [-0.3, -0.25) is 0 Å². The molecule has 2 atom stereocenters. The summed E-state index contributed by atoms with van der Waals surface area (Å²) in [5.74, 6) is 1.06. The summed E-state index contributed by atoms with van der Waals surface area (Å²) in [6, 6.07) is 4.66. The number of aromatic nitrogens is 1. The molecule has 2 heterocycles. The lowest BCUT2D eigenvalue weighted by molar-refractivity contribution is 0.199. The van der Waals surface area contributed by atoms with Crippen LogP contribution >= 0.6 is 0 Å². The summed E-state index contributed by atoms with van der Waals surface area (Å²) < 4.78 is 0. The van der Waals surface area contributed by atoms with Gasteiger partial charge in [0, 0.05) is 18.8 Å². The molecule has 1 N–H and O–H groups in total. The maximum Gasteiger partial charge on any atom is 0.128 e. The second-order valence-corrected chi connectivity index (χ2v) is 5.23. The predicted octanol–water partition coefficient (Wildman–Crippen LogP) is 3.29. The smallest absolute Gasteiger partial charge is 0.128 e. The molecule has 0 bridgehead atoms. The van der Waals surface area contributed by atoms with Crippen molar-refractivity contribution in [3.63, 3.8) is 0 Å². The van der Waals surface area contributed by atoms with Gasteiger partial charge in [-0.25, -0.2) is 4.98 Å². The third kappa shape index (κ3) is 3.02. The van der Waals surface area contributed by atoms with Gasteiger partial charge in [-0.2, -0.15) is 0 Å². The number of pyridine rings is 1. The summed E-state index contributed by atoms with van der Waals surface area (Å²) in [5, 5.41) is 9.51. The van der Waals surface area contributed by atoms with E-state index < -0.39 is 6.10 Å². The van der Waals surface area contributed by atoms with Crippen molar-refractivity contribution >= 4 is 5.82 Å². The van der Waals surface area contributed by atoms with Crippen molar-refractivity contribution < 1.29 is 5.11 Å². The lowest BCUT2D eigenvalue weighted by Gasteiger charge is -2.30. The van der Waals surface area contributed by atoms with Gasteiger partial charge in [-0.15, -0.1) is 0 Å². The molecule has 18 heavy (non-hydrogen) atoms. The van der Waals surface area contributed by atoms with Gasteiger partial charge in [0.1, 0.15) is 5.82 Å². The lowest BCUT2D eigenvalue weighted by atomic mass is 10.1. The quantitative estimate of drug-likeness (QED) is 0.891. The lowest BCUT2D eigenvalue weighted by Crippen LogP contribution is -2.35. The van der Waals surface area contributed by atoms with Crippen LogP contribution in [0.25, 0.3) is 0 Å². The number of aliphatic hydroxyl groups is 1. The van der Waals surface area contributed by atoms with E-state index in [1.807, 2.05) is 6.07 Å². The molecule has 1 saturated heterocycles. The van der Waals surface area contributed by atoms with E-state index >= 15 is 0 Å².